The van der Waals surface area contributed by atoms with Crippen LogP contribution in [-0.2, 0) is 11.3 Å². The van der Waals surface area contributed by atoms with Crippen LogP contribution in [0.2, 0.25) is 0 Å². The van der Waals surface area contributed by atoms with E-state index in [0.717, 1.165) is 28.1 Å². The summed E-state index contributed by atoms with van der Waals surface area (Å²) in [6, 6.07) is 0. The maximum Gasteiger partial charge on any atom is 0.262 e. The molecule has 1 N–H and O–H groups in total. The van der Waals surface area contributed by atoms with Gasteiger partial charge in [-0.3, -0.25) is 14.2 Å². The molecule has 2 aromatic rings. The van der Waals surface area contributed by atoms with E-state index in [4.69, 9.17) is 0 Å². The van der Waals surface area contributed by atoms with Gasteiger partial charge in [-0.05, 0) is 25.8 Å². The van der Waals surface area contributed by atoms with Crippen molar-refractivity contribution in [3.63, 3.8) is 0 Å². The molecule has 0 atom stereocenters. The van der Waals surface area contributed by atoms with Crippen molar-refractivity contribution in [1.82, 2.24) is 14.9 Å². The van der Waals surface area contributed by atoms with Crippen LogP contribution in [0.4, 0.5) is 0 Å². The molecule has 0 fully saturated rings. The zero-order chi connectivity index (χ0) is 16.1. The fourth-order valence-corrected chi connectivity index (χ4v) is 3.36. The van der Waals surface area contributed by atoms with E-state index in [0.29, 0.717) is 11.9 Å². The Hall–Kier alpha value is -1.69. The molecule has 0 aliphatic rings. The average molecular weight is 321 g/mol. The number of hydrogen-bond donors (Lipinski definition) is 1. The van der Waals surface area contributed by atoms with Crippen LogP contribution in [0.3, 0.4) is 0 Å². The van der Waals surface area contributed by atoms with Gasteiger partial charge in [0.15, 0.2) is 0 Å². The van der Waals surface area contributed by atoms with Gasteiger partial charge in [0.25, 0.3) is 5.56 Å². The Balaban J connectivity index is 2.02. The molecular formula is C16H23N3O2S. The molecule has 0 radical (unpaired) electrons. The molecule has 0 saturated heterocycles. The summed E-state index contributed by atoms with van der Waals surface area (Å²) in [6.07, 6.45) is 5.93. The summed E-state index contributed by atoms with van der Waals surface area (Å²) in [5, 5.41) is 3.50. The summed E-state index contributed by atoms with van der Waals surface area (Å²) < 4.78 is 1.39. The number of carbonyl (C=O) groups is 1. The van der Waals surface area contributed by atoms with Gasteiger partial charge in [0.1, 0.15) is 11.4 Å². The third-order valence-corrected chi connectivity index (χ3v) is 4.94. The van der Waals surface area contributed by atoms with Crippen LogP contribution >= 0.6 is 11.3 Å². The third-order valence-electron chi connectivity index (χ3n) is 3.82. The molecule has 0 spiro atoms. The average Bonchev–Trinajstić information content (AvgIpc) is 2.78. The van der Waals surface area contributed by atoms with Gasteiger partial charge in [-0.2, -0.15) is 0 Å². The largest absolute Gasteiger partial charge is 0.355 e. The number of aryl methyl sites for hydroxylation is 2. The van der Waals surface area contributed by atoms with E-state index < -0.39 is 0 Å². The van der Waals surface area contributed by atoms with Gasteiger partial charge in [-0.25, -0.2) is 4.98 Å². The topological polar surface area (TPSA) is 64.0 Å². The molecule has 0 aliphatic carbocycles. The SMILES string of the molecule is CCCCCCNC(=O)Cn1cnc2sc(C)c(C)c2c1=O. The molecule has 1 amide bonds. The summed E-state index contributed by atoms with van der Waals surface area (Å²) in [5.74, 6) is -0.135. The number of hydrogen-bond acceptors (Lipinski definition) is 4. The van der Waals surface area contributed by atoms with E-state index in [1.807, 2.05) is 13.8 Å². The first-order chi connectivity index (χ1) is 10.5. The van der Waals surface area contributed by atoms with Gasteiger partial charge in [-0.1, -0.05) is 26.2 Å². The normalized spacial score (nSPS) is 11.0. The van der Waals surface area contributed by atoms with Gasteiger partial charge in [0, 0.05) is 11.4 Å². The summed E-state index contributed by atoms with van der Waals surface area (Å²) >= 11 is 1.52. The van der Waals surface area contributed by atoms with E-state index >= 15 is 0 Å². The highest BCUT2D eigenvalue weighted by molar-refractivity contribution is 7.18. The minimum Gasteiger partial charge on any atom is -0.355 e. The minimum atomic E-state index is -0.135. The van der Waals surface area contributed by atoms with Gasteiger partial charge in [0.2, 0.25) is 5.91 Å². The first-order valence-electron chi connectivity index (χ1n) is 7.76. The molecule has 22 heavy (non-hydrogen) atoms. The third kappa shape index (κ3) is 3.74. The Morgan fingerprint density at radius 3 is 2.82 bits per heavy atom. The fourth-order valence-electron chi connectivity index (χ4n) is 2.37. The number of unbranched alkanes of at least 4 members (excludes halogenated alkanes) is 3. The lowest BCUT2D eigenvalue weighted by Gasteiger charge is -2.07. The molecule has 2 rings (SSSR count). The number of fused-ring (bicyclic) bond motifs is 1. The molecular weight excluding hydrogens is 298 g/mol. The smallest absolute Gasteiger partial charge is 0.262 e. The summed E-state index contributed by atoms with van der Waals surface area (Å²) in [4.78, 5) is 30.5. The van der Waals surface area contributed by atoms with Gasteiger partial charge in [0.05, 0.1) is 11.7 Å². The highest BCUT2D eigenvalue weighted by atomic mass is 32.1. The van der Waals surface area contributed by atoms with Crippen LogP contribution in [-0.4, -0.2) is 22.0 Å². The standard InChI is InChI=1S/C16H23N3O2S/c1-4-5-6-7-8-17-13(20)9-19-10-18-15-14(16(19)21)11(2)12(3)22-15/h10H,4-9H2,1-3H3,(H,17,20). The second-order valence-corrected chi connectivity index (χ2v) is 6.75. The number of aromatic nitrogens is 2. The Morgan fingerprint density at radius 1 is 1.32 bits per heavy atom. The molecule has 0 bridgehead atoms. The first-order valence-corrected chi connectivity index (χ1v) is 8.58. The van der Waals surface area contributed by atoms with Crippen LogP contribution in [0.5, 0.6) is 0 Å². The lowest BCUT2D eigenvalue weighted by molar-refractivity contribution is -0.121. The molecule has 0 aromatic carbocycles. The van der Waals surface area contributed by atoms with Crippen LogP contribution < -0.4 is 10.9 Å². The fraction of sp³-hybridized carbons (Fsp3) is 0.562. The van der Waals surface area contributed by atoms with Crippen LogP contribution in [0, 0.1) is 13.8 Å². The summed E-state index contributed by atoms with van der Waals surface area (Å²) in [5.41, 5.74) is 0.833. The van der Waals surface area contributed by atoms with Crippen molar-refractivity contribution < 1.29 is 4.79 Å². The van der Waals surface area contributed by atoms with E-state index in [-0.39, 0.29) is 18.0 Å². The zero-order valence-electron chi connectivity index (χ0n) is 13.4. The number of carbonyl (C=O) groups excluding carboxylic acids is 1. The lowest BCUT2D eigenvalue weighted by Crippen LogP contribution is -2.33. The summed E-state index contributed by atoms with van der Waals surface area (Å²) in [7, 11) is 0. The number of rotatable bonds is 7. The highest BCUT2D eigenvalue weighted by Gasteiger charge is 2.13. The van der Waals surface area contributed by atoms with Crippen molar-refractivity contribution >= 4 is 27.5 Å². The van der Waals surface area contributed by atoms with Crippen molar-refractivity contribution in [2.24, 2.45) is 0 Å². The highest BCUT2D eigenvalue weighted by Crippen LogP contribution is 2.25. The number of thiophene rings is 1. The Labute approximate surface area is 134 Å². The van der Waals surface area contributed by atoms with Crippen LogP contribution in [0.25, 0.3) is 10.2 Å². The molecule has 2 heterocycles. The molecule has 0 saturated carbocycles. The molecule has 2 aromatic heterocycles. The van der Waals surface area contributed by atoms with Crippen molar-refractivity contribution in [2.45, 2.75) is 53.0 Å². The van der Waals surface area contributed by atoms with Gasteiger partial charge in [-0.15, -0.1) is 11.3 Å². The second kappa shape index (κ2) is 7.54. The summed E-state index contributed by atoms with van der Waals surface area (Å²) in [6.45, 7) is 6.76. The van der Waals surface area contributed by atoms with Crippen LogP contribution in [0.1, 0.15) is 43.0 Å². The maximum absolute atomic E-state index is 12.5. The molecule has 0 unspecified atom stereocenters. The Kier molecular flexibility index (Phi) is 5.71. The first kappa shape index (κ1) is 16.7. The Bertz CT molecular complexity index is 718. The maximum atomic E-state index is 12.5. The van der Waals surface area contributed by atoms with E-state index in [1.54, 1.807) is 0 Å². The number of nitrogens with zero attached hydrogens (tertiary/aromatic N) is 2. The molecule has 120 valence electrons. The predicted octanol–water partition coefficient (Wildman–Crippen LogP) is 2.77. The number of nitrogens with one attached hydrogen (secondary N) is 1. The van der Waals surface area contributed by atoms with E-state index in [9.17, 15) is 9.59 Å². The monoisotopic (exact) mass is 321 g/mol. The lowest BCUT2D eigenvalue weighted by atomic mass is 10.2. The quantitative estimate of drug-likeness (QED) is 0.798. The van der Waals surface area contributed by atoms with Crippen LogP contribution in [0.15, 0.2) is 11.1 Å². The molecule has 5 nitrogen and oxygen atoms in total. The zero-order valence-corrected chi connectivity index (χ0v) is 14.3. The molecule has 6 heteroatoms. The van der Waals surface area contributed by atoms with Crippen molar-refractivity contribution in [3.05, 3.63) is 27.1 Å². The minimum absolute atomic E-state index is 0.0316. The number of amides is 1. The van der Waals surface area contributed by atoms with Crippen molar-refractivity contribution in [1.29, 1.82) is 0 Å². The second-order valence-electron chi connectivity index (χ2n) is 5.55. The van der Waals surface area contributed by atoms with Gasteiger partial charge >= 0.3 is 0 Å². The molecule has 0 aliphatic heterocycles. The van der Waals surface area contributed by atoms with Gasteiger partial charge < -0.3 is 5.32 Å². The van der Waals surface area contributed by atoms with E-state index in [2.05, 4.69) is 17.2 Å². The van der Waals surface area contributed by atoms with E-state index in [1.165, 1.54) is 35.1 Å². The van der Waals surface area contributed by atoms with Crippen molar-refractivity contribution in [2.75, 3.05) is 6.54 Å². The van der Waals surface area contributed by atoms with Crippen molar-refractivity contribution in [3.8, 4) is 0 Å². The predicted molar refractivity (Wildman–Crippen MR) is 90.5 cm³/mol. The Morgan fingerprint density at radius 2 is 2.09 bits per heavy atom.